The number of nitrogens with zero attached hydrogens (tertiary/aromatic N) is 2. The molecule has 0 spiro atoms. The van der Waals surface area contributed by atoms with Gasteiger partial charge in [-0.2, -0.15) is 21.6 Å². The van der Waals surface area contributed by atoms with Gasteiger partial charge in [0.2, 0.25) is 0 Å². The molecule has 0 aliphatic carbocycles. The number of fused-ring (bicyclic) bond motifs is 6. The zero-order valence-corrected chi connectivity index (χ0v) is 20.1. The highest BCUT2D eigenvalue weighted by Crippen LogP contribution is 2.42. The molecule has 6 aromatic rings. The lowest BCUT2D eigenvalue weighted by Gasteiger charge is -2.15. The summed E-state index contributed by atoms with van der Waals surface area (Å²) in [5.74, 6) is -1.50. The van der Waals surface area contributed by atoms with E-state index >= 15 is 0 Å². The highest BCUT2D eigenvalue weighted by Gasteiger charge is 2.49. The van der Waals surface area contributed by atoms with Crippen molar-refractivity contribution in [1.29, 1.82) is 0 Å². The largest absolute Gasteiger partial charge is 0.534 e. The molecule has 0 fully saturated rings. The second-order valence-corrected chi connectivity index (χ2v) is 10.1. The summed E-state index contributed by atoms with van der Waals surface area (Å²) in [6.07, 6.45) is 0. The van der Waals surface area contributed by atoms with Gasteiger partial charge in [0.25, 0.3) is 0 Å². The predicted octanol–water partition coefficient (Wildman–Crippen LogP) is 7.37. The Morgan fingerprint density at radius 3 is 1.97 bits per heavy atom. The number of rotatable bonds is 4. The van der Waals surface area contributed by atoms with Gasteiger partial charge in [-0.3, -0.25) is 4.57 Å². The number of hydrogen-bond acceptors (Lipinski definition) is 4. The number of benzene rings is 5. The van der Waals surface area contributed by atoms with Gasteiger partial charge in [-0.25, -0.2) is 9.37 Å². The standard InChI is InChI=1S/C28H16F4N2O3S/c29-17-14-15-24(37-38(35,36)28(30,31)32)23(16-17)27-33-25-21-12-6-4-10-19(21)20-11-5-7-13-22(20)26(25)34(27)18-8-2-1-3-9-18/h1-16H. The summed E-state index contributed by atoms with van der Waals surface area (Å²) in [7, 11) is -6.03. The monoisotopic (exact) mass is 536 g/mol. The fourth-order valence-electron chi connectivity index (χ4n) is 4.63. The second kappa shape index (κ2) is 8.56. The van der Waals surface area contributed by atoms with E-state index in [9.17, 15) is 26.0 Å². The maximum absolute atomic E-state index is 14.5. The van der Waals surface area contributed by atoms with Crippen LogP contribution in [0.15, 0.2) is 97.1 Å². The van der Waals surface area contributed by atoms with Gasteiger partial charge < -0.3 is 4.18 Å². The fourth-order valence-corrected chi connectivity index (χ4v) is 5.11. The number of aromatic nitrogens is 2. The Morgan fingerprint density at radius 1 is 0.737 bits per heavy atom. The molecule has 0 saturated heterocycles. The van der Waals surface area contributed by atoms with E-state index in [-0.39, 0.29) is 11.4 Å². The van der Waals surface area contributed by atoms with Crippen LogP contribution < -0.4 is 4.18 Å². The molecule has 5 nitrogen and oxygen atoms in total. The van der Waals surface area contributed by atoms with E-state index in [4.69, 9.17) is 4.98 Å². The van der Waals surface area contributed by atoms with Crippen molar-refractivity contribution in [2.24, 2.45) is 0 Å². The minimum absolute atomic E-state index is 0.0135. The molecule has 190 valence electrons. The van der Waals surface area contributed by atoms with E-state index in [0.717, 1.165) is 39.7 Å². The maximum atomic E-state index is 14.5. The summed E-state index contributed by atoms with van der Waals surface area (Å²) < 4.78 is 84.1. The zero-order chi connectivity index (χ0) is 26.7. The lowest BCUT2D eigenvalue weighted by Crippen LogP contribution is -2.28. The quantitative estimate of drug-likeness (QED) is 0.102. The molecule has 1 heterocycles. The third-order valence-corrected chi connectivity index (χ3v) is 7.18. The first-order valence-electron chi connectivity index (χ1n) is 11.3. The van der Waals surface area contributed by atoms with Crippen LogP contribution in [-0.2, 0) is 10.1 Å². The summed E-state index contributed by atoms with van der Waals surface area (Å²) >= 11 is 0. The molecule has 0 aliphatic heterocycles. The fraction of sp³-hybridized carbons (Fsp3) is 0.0357. The molecule has 0 bridgehead atoms. The van der Waals surface area contributed by atoms with Crippen molar-refractivity contribution in [3.8, 4) is 22.8 Å². The van der Waals surface area contributed by atoms with Crippen molar-refractivity contribution in [3.63, 3.8) is 0 Å². The van der Waals surface area contributed by atoms with Crippen LogP contribution in [0.25, 0.3) is 49.7 Å². The van der Waals surface area contributed by atoms with Crippen molar-refractivity contribution < 1.29 is 30.2 Å². The summed E-state index contributed by atoms with van der Waals surface area (Å²) in [5, 5.41) is 3.37. The first-order valence-corrected chi connectivity index (χ1v) is 12.7. The third kappa shape index (κ3) is 3.76. The lowest BCUT2D eigenvalue weighted by atomic mass is 10.00. The van der Waals surface area contributed by atoms with Gasteiger partial charge in [-0.15, -0.1) is 0 Å². The molecule has 0 aliphatic rings. The van der Waals surface area contributed by atoms with E-state index in [1.54, 1.807) is 34.9 Å². The van der Waals surface area contributed by atoms with Crippen LogP contribution in [0.5, 0.6) is 5.75 Å². The minimum atomic E-state index is -6.03. The van der Waals surface area contributed by atoms with Crippen molar-refractivity contribution in [3.05, 3.63) is 103 Å². The van der Waals surface area contributed by atoms with Crippen molar-refractivity contribution in [2.75, 3.05) is 0 Å². The summed E-state index contributed by atoms with van der Waals surface area (Å²) in [6, 6.07) is 26.6. The molecule has 5 aromatic carbocycles. The number of halogens is 4. The molecule has 0 N–H and O–H groups in total. The Hall–Kier alpha value is -4.44. The van der Waals surface area contributed by atoms with Crippen LogP contribution in [0, 0.1) is 5.82 Å². The van der Waals surface area contributed by atoms with Crippen molar-refractivity contribution >= 4 is 42.7 Å². The van der Waals surface area contributed by atoms with E-state index in [1.165, 1.54) is 0 Å². The highest BCUT2D eigenvalue weighted by molar-refractivity contribution is 7.88. The smallest absolute Gasteiger partial charge is 0.375 e. The van der Waals surface area contributed by atoms with Gasteiger partial charge in [-0.1, -0.05) is 66.7 Å². The molecule has 0 saturated carbocycles. The molecule has 1 aromatic heterocycles. The third-order valence-electron chi connectivity index (χ3n) is 6.21. The summed E-state index contributed by atoms with van der Waals surface area (Å²) in [6.45, 7) is 0. The van der Waals surface area contributed by atoms with Crippen LogP contribution in [0.4, 0.5) is 17.6 Å². The Labute approximate surface area is 213 Å². The summed E-state index contributed by atoms with van der Waals surface area (Å²) in [4.78, 5) is 4.77. The second-order valence-electron chi connectivity index (χ2n) is 8.52. The zero-order valence-electron chi connectivity index (χ0n) is 19.3. The average Bonchev–Trinajstić information content (AvgIpc) is 3.30. The molecule has 10 heteroatoms. The van der Waals surface area contributed by atoms with Gasteiger partial charge in [0.1, 0.15) is 11.6 Å². The molecule has 0 unspecified atom stereocenters. The Balaban J connectivity index is 1.78. The number of hydrogen-bond donors (Lipinski definition) is 0. The molecule has 38 heavy (non-hydrogen) atoms. The Bertz CT molecular complexity index is 1970. The van der Waals surface area contributed by atoms with Gasteiger partial charge in [-0.05, 0) is 41.1 Å². The van der Waals surface area contributed by atoms with E-state index < -0.39 is 27.2 Å². The van der Waals surface area contributed by atoms with E-state index in [0.29, 0.717) is 16.7 Å². The number of para-hydroxylation sites is 1. The lowest BCUT2D eigenvalue weighted by molar-refractivity contribution is -0.0499. The van der Waals surface area contributed by atoms with Gasteiger partial charge in [0.05, 0.1) is 16.6 Å². The first-order chi connectivity index (χ1) is 18.2. The van der Waals surface area contributed by atoms with Gasteiger partial charge in [0.15, 0.2) is 5.75 Å². The van der Waals surface area contributed by atoms with Crippen LogP contribution in [0.2, 0.25) is 0 Å². The Kier molecular flexibility index (Phi) is 5.39. The van der Waals surface area contributed by atoms with Crippen LogP contribution >= 0.6 is 0 Å². The van der Waals surface area contributed by atoms with E-state index in [1.807, 2.05) is 48.5 Å². The van der Waals surface area contributed by atoms with Crippen LogP contribution in [-0.4, -0.2) is 23.5 Å². The first kappa shape index (κ1) is 23.9. The predicted molar refractivity (Wildman–Crippen MR) is 137 cm³/mol. The molecule has 0 radical (unpaired) electrons. The molecule has 6 rings (SSSR count). The maximum Gasteiger partial charge on any atom is 0.534 e. The number of imidazole rings is 1. The Morgan fingerprint density at radius 2 is 1.32 bits per heavy atom. The minimum Gasteiger partial charge on any atom is -0.375 e. The van der Waals surface area contributed by atoms with Gasteiger partial charge >= 0.3 is 15.6 Å². The summed E-state index contributed by atoms with van der Waals surface area (Å²) in [5.41, 5.74) is -4.23. The van der Waals surface area contributed by atoms with Crippen LogP contribution in [0.3, 0.4) is 0 Å². The van der Waals surface area contributed by atoms with Crippen LogP contribution in [0.1, 0.15) is 0 Å². The van der Waals surface area contributed by atoms with Crippen molar-refractivity contribution in [2.45, 2.75) is 5.51 Å². The topological polar surface area (TPSA) is 61.2 Å². The van der Waals surface area contributed by atoms with Crippen molar-refractivity contribution in [1.82, 2.24) is 9.55 Å². The normalized spacial score (nSPS) is 12.4. The molecule has 0 atom stereocenters. The van der Waals surface area contributed by atoms with Gasteiger partial charge in [0, 0.05) is 16.5 Å². The average molecular weight is 537 g/mol. The number of alkyl halides is 3. The van der Waals surface area contributed by atoms with E-state index in [2.05, 4.69) is 4.18 Å². The SMILES string of the molecule is O=S(=O)(Oc1ccc(F)cc1-c1nc2c3ccccc3c3ccccc3c2n1-c1ccccc1)C(F)(F)F. The molecular formula is C28H16F4N2O3S. The molecule has 0 amide bonds. The highest BCUT2D eigenvalue weighted by atomic mass is 32.2. The molecular weight excluding hydrogens is 520 g/mol.